The van der Waals surface area contributed by atoms with Crippen molar-refractivity contribution in [1.82, 2.24) is 4.90 Å². The molecule has 156 valence electrons. The summed E-state index contributed by atoms with van der Waals surface area (Å²) in [6.45, 7) is 2.91. The van der Waals surface area contributed by atoms with Crippen molar-refractivity contribution in [2.75, 3.05) is 19.0 Å². The molecule has 30 heavy (non-hydrogen) atoms. The number of nitrogens with zero attached hydrogens (tertiary/aromatic N) is 2. The van der Waals surface area contributed by atoms with Crippen molar-refractivity contribution in [2.24, 2.45) is 0 Å². The quantitative estimate of drug-likeness (QED) is 0.400. The Bertz CT molecular complexity index is 1020. The third-order valence-electron chi connectivity index (χ3n) is 4.69. The largest absolute Gasteiger partial charge is 0.496 e. The van der Waals surface area contributed by atoms with Crippen LogP contribution in [-0.2, 0) is 17.9 Å². The first-order chi connectivity index (χ1) is 14.5. The molecule has 0 fully saturated rings. The van der Waals surface area contributed by atoms with E-state index in [9.17, 15) is 14.9 Å². The van der Waals surface area contributed by atoms with E-state index in [0.717, 1.165) is 16.2 Å². The molecular weight excluding hydrogens is 402 g/mol. The van der Waals surface area contributed by atoms with E-state index < -0.39 is 4.92 Å². The minimum absolute atomic E-state index is 0.0164. The van der Waals surface area contributed by atoms with Crippen LogP contribution in [0, 0.1) is 17.0 Å². The summed E-state index contributed by atoms with van der Waals surface area (Å²) in [6.07, 6.45) is 0. The molecule has 0 unspecified atom stereocenters. The van der Waals surface area contributed by atoms with Gasteiger partial charge in [-0.1, -0.05) is 30.3 Å². The molecular formula is C22H23N3O4S. The smallest absolute Gasteiger partial charge is 0.274 e. The number of amides is 1. The Morgan fingerprint density at radius 2 is 1.93 bits per heavy atom. The zero-order valence-corrected chi connectivity index (χ0v) is 17.6. The van der Waals surface area contributed by atoms with Gasteiger partial charge < -0.3 is 10.1 Å². The number of para-hydroxylation sites is 1. The van der Waals surface area contributed by atoms with E-state index >= 15 is 0 Å². The van der Waals surface area contributed by atoms with Gasteiger partial charge in [-0.25, -0.2) is 0 Å². The van der Waals surface area contributed by atoms with Gasteiger partial charge in [0.25, 0.3) is 5.69 Å². The average Bonchev–Trinajstić information content (AvgIpc) is 3.22. The van der Waals surface area contributed by atoms with Crippen molar-refractivity contribution in [3.05, 3.63) is 86.1 Å². The standard InChI is InChI=1S/C22H23N3O4S/c1-16-19(9-5-10-20(16)25(27)28)23-22(26)15-24(14-18-8-6-12-30-18)13-17-7-3-4-11-21(17)29-2/h3-12H,13-15H2,1-2H3,(H,23,26). The van der Waals surface area contributed by atoms with Gasteiger partial charge in [-0.3, -0.25) is 19.8 Å². The maximum Gasteiger partial charge on any atom is 0.274 e. The molecule has 1 heterocycles. The van der Waals surface area contributed by atoms with Crippen LogP contribution in [0.5, 0.6) is 5.75 Å². The van der Waals surface area contributed by atoms with Gasteiger partial charge in [-0.05, 0) is 30.5 Å². The lowest BCUT2D eigenvalue weighted by Crippen LogP contribution is -2.32. The minimum atomic E-state index is -0.449. The van der Waals surface area contributed by atoms with E-state index in [4.69, 9.17) is 4.74 Å². The summed E-state index contributed by atoms with van der Waals surface area (Å²) in [4.78, 5) is 26.6. The van der Waals surface area contributed by atoms with Crippen LogP contribution in [-0.4, -0.2) is 29.4 Å². The molecule has 3 aromatic rings. The number of rotatable bonds is 9. The number of ether oxygens (including phenoxy) is 1. The third-order valence-corrected chi connectivity index (χ3v) is 5.55. The summed E-state index contributed by atoms with van der Waals surface area (Å²) >= 11 is 1.63. The van der Waals surface area contributed by atoms with E-state index in [0.29, 0.717) is 24.3 Å². The average molecular weight is 426 g/mol. The lowest BCUT2D eigenvalue weighted by molar-refractivity contribution is -0.385. The second-order valence-corrected chi connectivity index (χ2v) is 7.82. The van der Waals surface area contributed by atoms with Crippen molar-refractivity contribution in [2.45, 2.75) is 20.0 Å². The molecule has 3 rings (SSSR count). The van der Waals surface area contributed by atoms with Crippen LogP contribution in [0.4, 0.5) is 11.4 Å². The Balaban J connectivity index is 1.76. The van der Waals surface area contributed by atoms with Gasteiger partial charge in [0.2, 0.25) is 5.91 Å². The zero-order valence-electron chi connectivity index (χ0n) is 16.8. The lowest BCUT2D eigenvalue weighted by atomic mass is 10.1. The first-order valence-electron chi connectivity index (χ1n) is 9.38. The van der Waals surface area contributed by atoms with Crippen LogP contribution < -0.4 is 10.1 Å². The number of nitro groups is 1. The van der Waals surface area contributed by atoms with E-state index in [-0.39, 0.29) is 18.1 Å². The highest BCUT2D eigenvalue weighted by atomic mass is 32.1. The normalized spacial score (nSPS) is 10.8. The van der Waals surface area contributed by atoms with Crippen molar-refractivity contribution in [3.8, 4) is 5.75 Å². The number of benzene rings is 2. The second-order valence-electron chi connectivity index (χ2n) is 6.79. The Morgan fingerprint density at radius 3 is 2.63 bits per heavy atom. The summed E-state index contributed by atoms with van der Waals surface area (Å²) in [5.74, 6) is 0.536. The van der Waals surface area contributed by atoms with Crippen LogP contribution >= 0.6 is 11.3 Å². The first-order valence-corrected chi connectivity index (χ1v) is 10.3. The fourth-order valence-corrected chi connectivity index (χ4v) is 3.96. The molecule has 0 saturated carbocycles. The molecule has 0 radical (unpaired) electrons. The molecule has 0 saturated heterocycles. The van der Waals surface area contributed by atoms with E-state index in [1.165, 1.54) is 6.07 Å². The van der Waals surface area contributed by atoms with Crippen LogP contribution in [0.15, 0.2) is 60.0 Å². The molecule has 1 aromatic heterocycles. The molecule has 0 spiro atoms. The number of hydrogen-bond donors (Lipinski definition) is 1. The number of thiophene rings is 1. The monoisotopic (exact) mass is 425 g/mol. The first kappa shape index (κ1) is 21.5. The van der Waals surface area contributed by atoms with E-state index in [2.05, 4.69) is 5.32 Å². The molecule has 1 N–H and O–H groups in total. The Kier molecular flexibility index (Phi) is 7.16. The van der Waals surface area contributed by atoms with Crippen LogP contribution in [0.1, 0.15) is 16.0 Å². The fraction of sp³-hybridized carbons (Fsp3) is 0.227. The predicted molar refractivity (Wildman–Crippen MR) is 118 cm³/mol. The van der Waals surface area contributed by atoms with E-state index in [1.807, 2.05) is 46.7 Å². The Hall–Kier alpha value is -3.23. The second kappa shape index (κ2) is 10.00. The lowest BCUT2D eigenvalue weighted by Gasteiger charge is -2.22. The molecule has 0 aliphatic carbocycles. The number of carbonyl (C=O) groups excluding carboxylic acids is 1. The summed E-state index contributed by atoms with van der Waals surface area (Å²) < 4.78 is 5.44. The SMILES string of the molecule is COc1ccccc1CN(CC(=O)Nc1cccc([N+](=O)[O-])c1C)Cc1cccs1. The van der Waals surface area contributed by atoms with Gasteiger partial charge in [-0.15, -0.1) is 11.3 Å². The van der Waals surface area contributed by atoms with Gasteiger partial charge in [0.1, 0.15) is 5.75 Å². The molecule has 2 aromatic carbocycles. The van der Waals surface area contributed by atoms with Gasteiger partial charge >= 0.3 is 0 Å². The van der Waals surface area contributed by atoms with Crippen molar-refractivity contribution in [1.29, 1.82) is 0 Å². The van der Waals surface area contributed by atoms with Crippen molar-refractivity contribution < 1.29 is 14.5 Å². The summed E-state index contributed by atoms with van der Waals surface area (Å²) in [5.41, 5.74) is 1.85. The van der Waals surface area contributed by atoms with E-state index in [1.54, 1.807) is 37.5 Å². The number of methoxy groups -OCH3 is 1. The molecule has 1 amide bonds. The number of nitrogens with one attached hydrogen (secondary N) is 1. The van der Waals surface area contributed by atoms with Crippen molar-refractivity contribution in [3.63, 3.8) is 0 Å². The Labute approximate surface area is 179 Å². The van der Waals surface area contributed by atoms with Gasteiger partial charge in [0.15, 0.2) is 0 Å². The van der Waals surface area contributed by atoms with Gasteiger partial charge in [0.05, 0.1) is 29.8 Å². The molecule has 7 nitrogen and oxygen atoms in total. The highest BCUT2D eigenvalue weighted by Crippen LogP contribution is 2.25. The number of hydrogen-bond acceptors (Lipinski definition) is 6. The molecule has 0 aliphatic heterocycles. The highest BCUT2D eigenvalue weighted by Gasteiger charge is 2.18. The summed E-state index contributed by atoms with van der Waals surface area (Å²) in [7, 11) is 1.63. The summed E-state index contributed by atoms with van der Waals surface area (Å²) in [5, 5.41) is 16.0. The maximum absolute atomic E-state index is 12.8. The molecule has 0 aliphatic rings. The minimum Gasteiger partial charge on any atom is -0.496 e. The summed E-state index contributed by atoms with van der Waals surface area (Å²) in [6, 6.07) is 16.4. The molecule has 0 atom stereocenters. The van der Waals surface area contributed by atoms with Crippen molar-refractivity contribution >= 4 is 28.6 Å². The van der Waals surface area contributed by atoms with Crippen LogP contribution in [0.2, 0.25) is 0 Å². The van der Waals surface area contributed by atoms with Gasteiger partial charge in [0, 0.05) is 29.6 Å². The number of carbonyl (C=O) groups is 1. The number of anilines is 1. The van der Waals surface area contributed by atoms with Gasteiger partial charge in [-0.2, -0.15) is 0 Å². The maximum atomic E-state index is 12.8. The van der Waals surface area contributed by atoms with Crippen LogP contribution in [0.3, 0.4) is 0 Å². The number of nitro benzene ring substituents is 1. The Morgan fingerprint density at radius 1 is 1.13 bits per heavy atom. The van der Waals surface area contributed by atoms with Crippen LogP contribution in [0.25, 0.3) is 0 Å². The highest BCUT2D eigenvalue weighted by molar-refractivity contribution is 7.09. The zero-order chi connectivity index (χ0) is 21.5. The third kappa shape index (κ3) is 5.43. The molecule has 0 bridgehead atoms. The topological polar surface area (TPSA) is 84.7 Å². The molecule has 8 heteroatoms. The fourth-order valence-electron chi connectivity index (χ4n) is 3.21. The predicted octanol–water partition coefficient (Wildman–Crippen LogP) is 4.61.